The van der Waals surface area contributed by atoms with Crippen molar-refractivity contribution in [3.8, 4) is 6.07 Å². The van der Waals surface area contributed by atoms with Crippen LogP contribution in [0, 0.1) is 16.7 Å². The molecule has 18 heavy (non-hydrogen) atoms. The largest absolute Gasteiger partial charge is 0.295 e. The molecule has 0 saturated carbocycles. The number of ketones is 1. The van der Waals surface area contributed by atoms with Crippen LogP contribution >= 0.6 is 0 Å². The Morgan fingerprint density at radius 3 is 2.56 bits per heavy atom. The molecule has 0 amide bonds. The van der Waals surface area contributed by atoms with E-state index in [9.17, 15) is 4.79 Å². The highest BCUT2D eigenvalue weighted by Crippen LogP contribution is 2.28. The topological polar surface area (TPSA) is 44.1 Å². The van der Waals surface area contributed by atoms with Crippen molar-refractivity contribution in [1.29, 1.82) is 5.26 Å². The third-order valence-electron chi connectivity index (χ3n) is 3.46. The Labute approximate surface area is 108 Å². The van der Waals surface area contributed by atoms with Crippen molar-refractivity contribution in [2.24, 2.45) is 5.41 Å². The SMILES string of the molecule is CC1(C)CCN(CC(=O)c2ccc(C#N)cc2)C1. The highest BCUT2D eigenvalue weighted by molar-refractivity contribution is 5.97. The molecular weight excluding hydrogens is 224 g/mol. The van der Waals surface area contributed by atoms with E-state index < -0.39 is 0 Å². The lowest BCUT2D eigenvalue weighted by Crippen LogP contribution is -2.29. The average Bonchev–Trinajstić information content (AvgIpc) is 2.68. The van der Waals surface area contributed by atoms with E-state index in [2.05, 4.69) is 24.8 Å². The first kappa shape index (κ1) is 12.8. The van der Waals surface area contributed by atoms with Gasteiger partial charge in [-0.3, -0.25) is 9.69 Å². The maximum absolute atomic E-state index is 12.1. The lowest BCUT2D eigenvalue weighted by molar-refractivity contribution is 0.0940. The zero-order chi connectivity index (χ0) is 13.2. The predicted molar refractivity (Wildman–Crippen MR) is 70.3 cm³/mol. The molecule has 1 aliphatic rings. The molecule has 1 heterocycles. The van der Waals surface area contributed by atoms with Gasteiger partial charge in [0.05, 0.1) is 18.2 Å². The average molecular weight is 242 g/mol. The number of nitriles is 1. The molecule has 0 spiro atoms. The molecule has 0 aliphatic carbocycles. The van der Waals surface area contributed by atoms with E-state index in [1.807, 2.05) is 0 Å². The van der Waals surface area contributed by atoms with Gasteiger partial charge in [0.15, 0.2) is 5.78 Å². The van der Waals surface area contributed by atoms with Gasteiger partial charge in [-0.05, 0) is 30.5 Å². The van der Waals surface area contributed by atoms with Gasteiger partial charge < -0.3 is 0 Å². The summed E-state index contributed by atoms with van der Waals surface area (Å²) in [5.41, 5.74) is 1.61. The number of Topliss-reactive ketones (excluding diaryl/α,β-unsaturated/α-hetero) is 1. The van der Waals surface area contributed by atoms with E-state index in [1.54, 1.807) is 24.3 Å². The highest BCUT2D eigenvalue weighted by Gasteiger charge is 2.30. The molecule has 94 valence electrons. The molecule has 1 saturated heterocycles. The lowest BCUT2D eigenvalue weighted by Gasteiger charge is -2.18. The molecule has 0 atom stereocenters. The van der Waals surface area contributed by atoms with Crippen LogP contribution in [0.25, 0.3) is 0 Å². The monoisotopic (exact) mass is 242 g/mol. The summed E-state index contributed by atoms with van der Waals surface area (Å²) >= 11 is 0. The van der Waals surface area contributed by atoms with Gasteiger partial charge in [0.2, 0.25) is 0 Å². The Hall–Kier alpha value is -1.66. The van der Waals surface area contributed by atoms with Crippen molar-refractivity contribution in [2.75, 3.05) is 19.6 Å². The van der Waals surface area contributed by atoms with Crippen LogP contribution in [-0.2, 0) is 0 Å². The van der Waals surface area contributed by atoms with Crippen LogP contribution in [0.4, 0.5) is 0 Å². The van der Waals surface area contributed by atoms with E-state index in [1.165, 1.54) is 0 Å². The molecule has 3 nitrogen and oxygen atoms in total. The zero-order valence-electron chi connectivity index (χ0n) is 10.9. The molecule has 0 aromatic heterocycles. The normalized spacial score (nSPS) is 18.5. The Bertz CT molecular complexity index is 482. The summed E-state index contributed by atoms with van der Waals surface area (Å²) < 4.78 is 0. The fourth-order valence-corrected chi connectivity index (χ4v) is 2.38. The van der Waals surface area contributed by atoms with Crippen LogP contribution < -0.4 is 0 Å². The van der Waals surface area contributed by atoms with Gasteiger partial charge in [0, 0.05) is 12.1 Å². The van der Waals surface area contributed by atoms with E-state index >= 15 is 0 Å². The minimum absolute atomic E-state index is 0.136. The van der Waals surface area contributed by atoms with E-state index in [-0.39, 0.29) is 5.78 Å². The summed E-state index contributed by atoms with van der Waals surface area (Å²) in [5.74, 6) is 0.136. The molecule has 3 heteroatoms. The molecule has 1 aromatic carbocycles. The van der Waals surface area contributed by atoms with Crippen molar-refractivity contribution in [2.45, 2.75) is 20.3 Å². The molecule has 1 fully saturated rings. The molecule has 0 radical (unpaired) electrons. The van der Waals surface area contributed by atoms with Gasteiger partial charge in [-0.1, -0.05) is 26.0 Å². The van der Waals surface area contributed by atoms with Crippen molar-refractivity contribution < 1.29 is 4.79 Å². The summed E-state index contributed by atoms with van der Waals surface area (Å²) in [6, 6.07) is 8.92. The van der Waals surface area contributed by atoms with Crippen LogP contribution in [0.5, 0.6) is 0 Å². The van der Waals surface area contributed by atoms with Crippen LogP contribution in [0.15, 0.2) is 24.3 Å². The Morgan fingerprint density at radius 1 is 1.39 bits per heavy atom. The minimum Gasteiger partial charge on any atom is -0.295 e. The second kappa shape index (κ2) is 4.91. The smallest absolute Gasteiger partial charge is 0.176 e. The number of hydrogen-bond acceptors (Lipinski definition) is 3. The van der Waals surface area contributed by atoms with Crippen molar-refractivity contribution in [1.82, 2.24) is 4.90 Å². The van der Waals surface area contributed by atoms with Crippen molar-refractivity contribution in [3.05, 3.63) is 35.4 Å². The zero-order valence-corrected chi connectivity index (χ0v) is 10.9. The Morgan fingerprint density at radius 2 is 2.06 bits per heavy atom. The maximum atomic E-state index is 12.1. The van der Waals surface area contributed by atoms with Gasteiger partial charge in [0.25, 0.3) is 0 Å². The van der Waals surface area contributed by atoms with Crippen molar-refractivity contribution in [3.63, 3.8) is 0 Å². The summed E-state index contributed by atoms with van der Waals surface area (Å²) in [5, 5.41) is 8.71. The highest BCUT2D eigenvalue weighted by atomic mass is 16.1. The summed E-state index contributed by atoms with van der Waals surface area (Å²) in [4.78, 5) is 14.3. The summed E-state index contributed by atoms with van der Waals surface area (Å²) in [7, 11) is 0. The first-order chi connectivity index (χ1) is 8.50. The fraction of sp³-hybridized carbons (Fsp3) is 0.467. The van der Waals surface area contributed by atoms with Crippen LogP contribution in [-0.4, -0.2) is 30.3 Å². The fourth-order valence-electron chi connectivity index (χ4n) is 2.38. The van der Waals surface area contributed by atoms with E-state index in [0.29, 0.717) is 23.1 Å². The lowest BCUT2D eigenvalue weighted by atomic mass is 9.93. The standard InChI is InChI=1S/C15H18N2O/c1-15(2)7-8-17(11-15)10-14(18)13-5-3-12(9-16)4-6-13/h3-6H,7-8,10-11H2,1-2H3. The molecule has 1 aromatic rings. The van der Waals surface area contributed by atoms with Crippen LogP contribution in [0.2, 0.25) is 0 Å². The minimum atomic E-state index is 0.136. The van der Waals surface area contributed by atoms with E-state index in [0.717, 1.165) is 19.5 Å². The van der Waals surface area contributed by atoms with Crippen LogP contribution in [0.3, 0.4) is 0 Å². The third-order valence-corrected chi connectivity index (χ3v) is 3.46. The second-order valence-electron chi connectivity index (χ2n) is 5.74. The predicted octanol–water partition coefficient (Wildman–Crippen LogP) is 2.47. The van der Waals surface area contributed by atoms with Gasteiger partial charge in [-0.15, -0.1) is 0 Å². The van der Waals surface area contributed by atoms with Gasteiger partial charge in [-0.25, -0.2) is 0 Å². The third kappa shape index (κ3) is 2.96. The first-order valence-corrected chi connectivity index (χ1v) is 6.26. The molecule has 1 aliphatic heterocycles. The number of carbonyl (C=O) groups excluding carboxylic acids is 1. The number of carbonyl (C=O) groups is 1. The molecule has 0 bridgehead atoms. The molecule has 0 unspecified atom stereocenters. The quantitative estimate of drug-likeness (QED) is 0.765. The summed E-state index contributed by atoms with van der Waals surface area (Å²) in [6.45, 7) is 6.93. The Kier molecular flexibility index (Phi) is 3.49. The number of hydrogen-bond donors (Lipinski definition) is 0. The number of likely N-dealkylation sites (tertiary alicyclic amines) is 1. The van der Waals surface area contributed by atoms with Crippen molar-refractivity contribution >= 4 is 5.78 Å². The first-order valence-electron chi connectivity index (χ1n) is 6.26. The van der Waals surface area contributed by atoms with Gasteiger partial charge in [-0.2, -0.15) is 5.26 Å². The number of benzene rings is 1. The number of nitrogens with zero attached hydrogens (tertiary/aromatic N) is 2. The number of rotatable bonds is 3. The van der Waals surface area contributed by atoms with E-state index in [4.69, 9.17) is 5.26 Å². The maximum Gasteiger partial charge on any atom is 0.176 e. The molecule has 2 rings (SSSR count). The Balaban J connectivity index is 1.98. The second-order valence-corrected chi connectivity index (χ2v) is 5.74. The van der Waals surface area contributed by atoms with Gasteiger partial charge in [0.1, 0.15) is 0 Å². The van der Waals surface area contributed by atoms with Crippen LogP contribution in [0.1, 0.15) is 36.2 Å². The molecule has 0 N–H and O–H groups in total. The molecular formula is C15H18N2O. The summed E-state index contributed by atoms with van der Waals surface area (Å²) in [6.07, 6.45) is 1.15. The van der Waals surface area contributed by atoms with Gasteiger partial charge >= 0.3 is 0 Å².